The normalized spacial score (nSPS) is 16.3. The van der Waals surface area contributed by atoms with Crippen molar-refractivity contribution in [2.24, 2.45) is 0 Å². The number of hydrogen-bond donors (Lipinski definition) is 0. The number of nitrogens with zero attached hydrogens (tertiary/aromatic N) is 7. The Kier molecular flexibility index (Phi) is 33.7. The molecule has 144 heavy (non-hydrogen) atoms. The molecule has 0 bridgehead atoms. The Labute approximate surface area is 855 Å². The van der Waals surface area contributed by atoms with Gasteiger partial charge in [-0.2, -0.15) is 50.3 Å². The number of hydrogen-bond acceptors (Lipinski definition) is 20. The molecule has 30 heteroatoms. The number of amides is 1. The molecule has 732 valence electrons. The molecule has 0 N–H and O–H groups in total. The van der Waals surface area contributed by atoms with E-state index in [9.17, 15) is 55.5 Å². The molecule has 5 unspecified atom stereocenters. The van der Waals surface area contributed by atoms with Gasteiger partial charge < -0.3 is 28.4 Å². The number of allylic oxidation sites excluding steroid dienone is 3. The van der Waals surface area contributed by atoms with E-state index in [1.165, 1.54) is 110 Å². The average Bonchev–Trinajstić information content (AvgIpc) is 1.91. The van der Waals surface area contributed by atoms with Crippen molar-refractivity contribution in [3.63, 3.8) is 0 Å². The SMILES string of the molecule is [C-]#[N+]c1c(CC(=O)c2ccccc2F)sc2c1CCC(Oc1cccc(C(=O)C=C(C)C)c1)C2.[C-]#[N+]c1c(CC(=O)c2ccccc2F)sc2c1CCC(c1cccc3c1CN(C(=O)C1CCSS1)C3)C2.[C-]#[N+]c1c(CC(=O)c2ccccc2F)sc2c1CCC(c1ccccc1OCC(C)(C)OC(=O)/C=C/C)C2.[C-]#[N+]c1c(CC(=O)c2ccccc2F)sc2c1CCC(c1ccccc1OCc1noc(F)n1)C2. The van der Waals surface area contributed by atoms with E-state index in [1.54, 1.807) is 113 Å². The second kappa shape index (κ2) is 47.1. The summed E-state index contributed by atoms with van der Waals surface area (Å²) >= 11 is 5.94. The Balaban J connectivity index is 0.000000138. The largest absolute Gasteiger partial charge is 0.490 e. The first-order chi connectivity index (χ1) is 69.6. The standard InChI is InChI=1S/C31H30FNO4S.C29H25FN2O2S3.C28H24FNO3S.C26H19F2N3O3S/c1-5-10-29(35)37-31(2,3)19-36-26-14-9-7-11-21(26)20-15-16-23-27(17-20)38-28(30(23)33-4)18-25(34)22-12-6-8-13-24(22)32;1-31-28-21-10-9-17(13-26(21)36-27(28)14-24(33)20-6-2-3-8-23(20)30)19-7-4-5-18-15-32(16-22(18)19)29(34)25-11-12-35-37-25;1-17(2)13-24(31)18-7-6-8-19(14-18)33-20-11-12-22-26(15-20)34-27(28(22)30-3)16-25(32)21-9-4-5-10-23(21)29;1-29-25-18-11-10-15(16-6-3-5-9-21(16)33-14-24-30-26(28)34-31-24)12-22(18)35-23(25)13-20(32)17-7-2-4-8-19(17)27/h5-14,20H,15-19H2,1-3H3;2-8,17,25H,9-16H2;4-10,13-14,20H,11-12,15-16H2,1-2H3;2-9,15H,10-14H2/b10-5+;;;. The number of Topliss-reactive ketones (excluding diaryl/α,β-unsaturated/α-hetero) is 4. The van der Waals surface area contributed by atoms with Gasteiger partial charge in [-0.25, -0.2) is 41.7 Å². The monoisotopic (exact) mass is 2040 g/mol. The number of fused-ring (bicyclic) bond motifs is 5. The van der Waals surface area contributed by atoms with E-state index in [0.29, 0.717) is 99.1 Å². The van der Waals surface area contributed by atoms with Crippen molar-refractivity contribution < 1.29 is 79.0 Å². The van der Waals surface area contributed by atoms with Gasteiger partial charge in [-0.05, 0) is 273 Å². The van der Waals surface area contributed by atoms with Crippen LogP contribution >= 0.6 is 66.9 Å². The first kappa shape index (κ1) is 103. The van der Waals surface area contributed by atoms with Crippen LogP contribution in [0.15, 0.2) is 216 Å². The molecule has 1 fully saturated rings. The molecule has 4 aliphatic carbocycles. The lowest BCUT2D eigenvalue weighted by Crippen LogP contribution is -2.34. The number of esters is 1. The highest BCUT2D eigenvalue weighted by atomic mass is 33.1. The maximum Gasteiger partial charge on any atom is 0.405 e. The molecule has 5 aromatic heterocycles. The van der Waals surface area contributed by atoms with Crippen molar-refractivity contribution in [3.8, 4) is 17.2 Å². The van der Waals surface area contributed by atoms with Gasteiger partial charge in [0.1, 0.15) is 58.8 Å². The second-order valence-electron chi connectivity index (χ2n) is 36.5. The Hall–Kier alpha value is -13.8. The topological polar surface area (TPSA) is 216 Å². The van der Waals surface area contributed by atoms with Crippen LogP contribution in [0.1, 0.15) is 231 Å². The number of thiophene rings is 4. The second-order valence-corrected chi connectivity index (χ2v) is 43.9. The van der Waals surface area contributed by atoms with Crippen LogP contribution in [0.25, 0.3) is 19.4 Å². The first-order valence-electron chi connectivity index (χ1n) is 47.2. The van der Waals surface area contributed by atoms with Crippen LogP contribution < -0.4 is 14.2 Å². The fourth-order valence-electron chi connectivity index (χ4n) is 19.1. The minimum absolute atomic E-state index is 0.00192. The number of benzene rings is 8. The van der Waals surface area contributed by atoms with E-state index in [-0.39, 0.29) is 125 Å². The molecule has 8 aromatic carbocycles. The zero-order valence-corrected chi connectivity index (χ0v) is 84.3. The molecular formula is C114H98F5N7O12S6. The van der Waals surface area contributed by atoms with Crippen LogP contribution in [-0.2, 0) is 111 Å². The number of aromatic nitrogens is 2. The van der Waals surface area contributed by atoms with Gasteiger partial charge in [0, 0.05) is 87.0 Å². The van der Waals surface area contributed by atoms with Crippen molar-refractivity contribution in [2.75, 3.05) is 12.4 Å². The number of ether oxygens (including phenoxy) is 4. The highest BCUT2D eigenvalue weighted by molar-refractivity contribution is 8.77. The third-order valence-electron chi connectivity index (χ3n) is 25.9. The van der Waals surface area contributed by atoms with E-state index in [1.807, 2.05) is 87.2 Å². The Morgan fingerprint density at radius 2 is 0.917 bits per heavy atom. The predicted molar refractivity (Wildman–Crippen MR) is 552 cm³/mol. The smallest absolute Gasteiger partial charge is 0.405 e. The van der Waals surface area contributed by atoms with Gasteiger partial charge in [0.15, 0.2) is 35.5 Å². The molecule has 19 nitrogen and oxygen atoms in total. The molecule has 2 aliphatic heterocycles. The van der Waals surface area contributed by atoms with Crippen LogP contribution in [0, 0.1) is 55.7 Å². The maximum absolute atomic E-state index is 14.2. The third-order valence-corrected chi connectivity index (χ3v) is 33.7. The third kappa shape index (κ3) is 24.5. The minimum Gasteiger partial charge on any atom is -0.490 e. The van der Waals surface area contributed by atoms with E-state index in [4.69, 9.17) is 45.2 Å². The van der Waals surface area contributed by atoms with Crippen LogP contribution in [0.3, 0.4) is 0 Å². The Morgan fingerprint density at radius 1 is 0.493 bits per heavy atom. The molecule has 5 atom stereocenters. The van der Waals surface area contributed by atoms with E-state index in [2.05, 4.69) is 58.3 Å². The van der Waals surface area contributed by atoms with Gasteiger partial charge in [0.25, 0.3) is 0 Å². The molecule has 0 saturated carbocycles. The summed E-state index contributed by atoms with van der Waals surface area (Å²) in [6, 6.07) is 53.0. The van der Waals surface area contributed by atoms with Gasteiger partial charge in [0.2, 0.25) is 34.5 Å². The highest BCUT2D eigenvalue weighted by Crippen LogP contribution is 2.52. The van der Waals surface area contributed by atoms with Crippen molar-refractivity contribution in [1.82, 2.24) is 15.0 Å². The van der Waals surface area contributed by atoms with Crippen LogP contribution in [0.2, 0.25) is 0 Å². The molecule has 13 aromatic rings. The summed E-state index contributed by atoms with van der Waals surface area (Å²) in [5.74, 6) is 0.206. The fraction of sp³-hybridized carbons (Fsp3) is 0.289. The summed E-state index contributed by atoms with van der Waals surface area (Å²) in [6.07, 6.45) is 13.7. The number of para-hydroxylation sites is 2. The highest BCUT2D eigenvalue weighted by Gasteiger charge is 2.39. The fourth-order valence-corrected chi connectivity index (χ4v) is 27.4. The van der Waals surface area contributed by atoms with Gasteiger partial charge in [-0.1, -0.05) is 154 Å². The van der Waals surface area contributed by atoms with E-state index >= 15 is 0 Å². The van der Waals surface area contributed by atoms with Crippen LogP contribution in [0.5, 0.6) is 17.2 Å². The van der Waals surface area contributed by atoms with Gasteiger partial charge in [-0.3, -0.25) is 28.8 Å². The number of ketones is 5. The van der Waals surface area contributed by atoms with E-state index in [0.717, 1.165) is 128 Å². The zero-order valence-electron chi connectivity index (χ0n) is 79.4. The molecule has 6 aliphatic rings. The quantitative estimate of drug-likeness (QED) is 0.0111. The van der Waals surface area contributed by atoms with Crippen molar-refractivity contribution >= 4 is 130 Å². The van der Waals surface area contributed by atoms with Crippen molar-refractivity contribution in [1.29, 1.82) is 0 Å². The molecule has 1 amide bonds. The van der Waals surface area contributed by atoms with Crippen LogP contribution in [-0.4, -0.2) is 85.1 Å². The molecule has 7 heterocycles. The van der Waals surface area contributed by atoms with Gasteiger partial charge in [0.05, 0.1) is 53.8 Å². The van der Waals surface area contributed by atoms with E-state index < -0.39 is 41.0 Å². The summed E-state index contributed by atoms with van der Waals surface area (Å²) in [5.41, 5.74) is 13.1. The molecule has 0 radical (unpaired) electrons. The zero-order chi connectivity index (χ0) is 101. The molecule has 1 saturated heterocycles. The summed E-state index contributed by atoms with van der Waals surface area (Å²) in [5, 5.41) is 3.58. The lowest BCUT2D eigenvalue weighted by Gasteiger charge is -2.28. The maximum atomic E-state index is 14.2. The lowest BCUT2D eigenvalue weighted by atomic mass is 9.81. The number of carbonyl (C=O) groups excluding carboxylic acids is 7. The average molecular weight is 2050 g/mol. The Bertz CT molecular complexity index is 7330. The number of carbonyl (C=O) groups is 7. The van der Waals surface area contributed by atoms with Gasteiger partial charge in [-0.15, -0.1) is 4.39 Å². The van der Waals surface area contributed by atoms with Crippen LogP contribution in [0.4, 0.5) is 44.7 Å². The van der Waals surface area contributed by atoms with Crippen molar-refractivity contribution in [2.45, 2.75) is 198 Å². The molecule has 0 spiro atoms. The summed E-state index contributed by atoms with van der Waals surface area (Å²) < 4.78 is 97.5. The number of halogens is 5. The first-order valence-corrected chi connectivity index (χ1v) is 52.8. The molecular weight excluding hydrogens is 1950 g/mol. The summed E-state index contributed by atoms with van der Waals surface area (Å²) in [7, 11) is 3.50. The molecule has 19 rings (SSSR count). The predicted octanol–water partition coefficient (Wildman–Crippen LogP) is 27.7. The van der Waals surface area contributed by atoms with Crippen molar-refractivity contribution in [3.05, 3.63) is 410 Å². The summed E-state index contributed by atoms with van der Waals surface area (Å²) in [4.78, 5) is 116. The Morgan fingerprint density at radius 3 is 1.35 bits per heavy atom. The summed E-state index contributed by atoms with van der Waals surface area (Å²) in [6.45, 7) is 41.6. The number of rotatable bonds is 28. The lowest BCUT2D eigenvalue weighted by molar-refractivity contribution is -0.152. The van der Waals surface area contributed by atoms with Gasteiger partial charge >= 0.3 is 12.1 Å². The minimum atomic E-state index is -1.01.